The van der Waals surface area contributed by atoms with Crippen LogP contribution in [0.2, 0.25) is 0 Å². The van der Waals surface area contributed by atoms with Crippen molar-refractivity contribution >= 4 is 11.4 Å². The molecule has 0 aliphatic carbocycles. The van der Waals surface area contributed by atoms with Crippen molar-refractivity contribution in [3.05, 3.63) is 23.8 Å². The highest BCUT2D eigenvalue weighted by Gasteiger charge is 2.12. The lowest BCUT2D eigenvalue weighted by Gasteiger charge is -2.32. The molecule has 0 saturated carbocycles. The second kappa shape index (κ2) is 6.07. The molecule has 1 heterocycles. The van der Waals surface area contributed by atoms with E-state index in [0.717, 1.165) is 18.8 Å². The van der Waals surface area contributed by atoms with Crippen molar-refractivity contribution in [2.75, 3.05) is 57.4 Å². The molecule has 0 radical (unpaired) electrons. The average molecular weight is 248 g/mol. The predicted octanol–water partition coefficient (Wildman–Crippen LogP) is 1.24. The summed E-state index contributed by atoms with van der Waals surface area (Å²) in [6.45, 7) is 8.92. The Hall–Kier alpha value is -1.26. The van der Waals surface area contributed by atoms with E-state index in [2.05, 4.69) is 35.2 Å². The normalized spacial score (nSPS) is 17.9. The zero-order chi connectivity index (χ0) is 13.0. The van der Waals surface area contributed by atoms with E-state index in [1.807, 2.05) is 12.1 Å². The topological polar surface area (TPSA) is 44.5 Å². The van der Waals surface area contributed by atoms with Crippen LogP contribution in [0.3, 0.4) is 0 Å². The van der Waals surface area contributed by atoms with Gasteiger partial charge in [-0.1, -0.05) is 0 Å². The summed E-state index contributed by atoms with van der Waals surface area (Å²) in [5.74, 6) is 0. The Labute approximate surface area is 110 Å². The van der Waals surface area contributed by atoms with Crippen LogP contribution >= 0.6 is 0 Å². The van der Waals surface area contributed by atoms with Crippen LogP contribution in [-0.2, 0) is 0 Å². The van der Waals surface area contributed by atoms with Crippen molar-refractivity contribution in [1.82, 2.24) is 9.80 Å². The highest BCUT2D eigenvalue weighted by atomic mass is 15.2. The van der Waals surface area contributed by atoms with Crippen LogP contribution in [0.4, 0.5) is 11.4 Å². The SMILES string of the molecule is Cc1cc(N)ccc1NCCN1CCN(C)CC1. The summed E-state index contributed by atoms with van der Waals surface area (Å²) < 4.78 is 0. The number of benzene rings is 1. The van der Waals surface area contributed by atoms with Crippen LogP contribution < -0.4 is 11.1 Å². The third-order valence-corrected chi connectivity index (χ3v) is 3.59. The fraction of sp³-hybridized carbons (Fsp3) is 0.571. The average Bonchev–Trinajstić information content (AvgIpc) is 2.34. The molecule has 4 heteroatoms. The molecule has 18 heavy (non-hydrogen) atoms. The van der Waals surface area contributed by atoms with Gasteiger partial charge in [-0.3, -0.25) is 4.90 Å². The monoisotopic (exact) mass is 248 g/mol. The molecule has 3 N–H and O–H groups in total. The smallest absolute Gasteiger partial charge is 0.0371 e. The van der Waals surface area contributed by atoms with E-state index in [9.17, 15) is 0 Å². The molecule has 100 valence electrons. The summed E-state index contributed by atoms with van der Waals surface area (Å²) >= 11 is 0. The van der Waals surface area contributed by atoms with E-state index in [-0.39, 0.29) is 0 Å². The molecule has 1 aliphatic heterocycles. The summed E-state index contributed by atoms with van der Waals surface area (Å²) in [7, 11) is 2.19. The van der Waals surface area contributed by atoms with Crippen LogP contribution in [0, 0.1) is 6.92 Å². The molecule has 1 fully saturated rings. The van der Waals surface area contributed by atoms with E-state index >= 15 is 0 Å². The number of rotatable bonds is 4. The first-order valence-corrected chi connectivity index (χ1v) is 6.66. The van der Waals surface area contributed by atoms with Crippen molar-refractivity contribution in [2.45, 2.75) is 6.92 Å². The zero-order valence-electron chi connectivity index (χ0n) is 11.4. The van der Waals surface area contributed by atoms with Crippen molar-refractivity contribution < 1.29 is 0 Å². The maximum absolute atomic E-state index is 5.75. The van der Waals surface area contributed by atoms with Crippen LogP contribution in [0.15, 0.2) is 18.2 Å². The molecule has 0 unspecified atom stereocenters. The van der Waals surface area contributed by atoms with Crippen LogP contribution in [0.1, 0.15) is 5.56 Å². The third-order valence-electron chi connectivity index (χ3n) is 3.59. The van der Waals surface area contributed by atoms with Gasteiger partial charge in [0.25, 0.3) is 0 Å². The summed E-state index contributed by atoms with van der Waals surface area (Å²) in [5.41, 5.74) is 8.99. The molecule has 1 saturated heterocycles. The number of aryl methyl sites for hydroxylation is 1. The molecule has 0 amide bonds. The number of anilines is 2. The Kier molecular flexibility index (Phi) is 4.44. The fourth-order valence-electron chi connectivity index (χ4n) is 2.31. The molecule has 0 bridgehead atoms. The van der Waals surface area contributed by atoms with Crippen molar-refractivity contribution in [3.8, 4) is 0 Å². The van der Waals surface area contributed by atoms with Gasteiger partial charge >= 0.3 is 0 Å². The summed E-state index contributed by atoms with van der Waals surface area (Å²) in [5, 5.41) is 3.49. The van der Waals surface area contributed by atoms with Gasteiger partial charge < -0.3 is 16.0 Å². The molecule has 4 nitrogen and oxygen atoms in total. The second-order valence-electron chi connectivity index (χ2n) is 5.15. The molecule has 1 aliphatic rings. The van der Waals surface area contributed by atoms with Gasteiger partial charge in [0.05, 0.1) is 0 Å². The highest BCUT2D eigenvalue weighted by molar-refractivity contribution is 5.57. The number of nitrogens with zero attached hydrogens (tertiary/aromatic N) is 2. The third kappa shape index (κ3) is 3.62. The first kappa shape index (κ1) is 13.2. The minimum absolute atomic E-state index is 0.831. The number of nitrogens with one attached hydrogen (secondary N) is 1. The highest BCUT2D eigenvalue weighted by Crippen LogP contribution is 2.17. The van der Waals surface area contributed by atoms with Gasteiger partial charge in [-0.05, 0) is 37.7 Å². The number of nitrogens with two attached hydrogens (primary N) is 1. The van der Waals surface area contributed by atoms with Crippen molar-refractivity contribution in [2.24, 2.45) is 0 Å². The number of piperazine rings is 1. The Morgan fingerprint density at radius 3 is 2.61 bits per heavy atom. The number of hydrogen-bond acceptors (Lipinski definition) is 4. The standard InChI is InChI=1S/C14H24N4/c1-12-11-13(15)3-4-14(12)16-5-6-18-9-7-17(2)8-10-18/h3-4,11,16H,5-10,15H2,1-2H3. The maximum Gasteiger partial charge on any atom is 0.0371 e. The Morgan fingerprint density at radius 1 is 1.22 bits per heavy atom. The Balaban J connectivity index is 1.75. The number of nitrogen functional groups attached to an aromatic ring is 1. The molecular weight excluding hydrogens is 224 g/mol. The van der Waals surface area contributed by atoms with Crippen molar-refractivity contribution in [1.29, 1.82) is 0 Å². The van der Waals surface area contributed by atoms with Crippen molar-refractivity contribution in [3.63, 3.8) is 0 Å². The quantitative estimate of drug-likeness (QED) is 0.787. The minimum Gasteiger partial charge on any atom is -0.399 e. The molecule has 0 aromatic heterocycles. The molecule has 1 aromatic rings. The van der Waals surface area contributed by atoms with Gasteiger partial charge in [-0.25, -0.2) is 0 Å². The lowest BCUT2D eigenvalue weighted by atomic mass is 10.2. The fourth-order valence-corrected chi connectivity index (χ4v) is 2.31. The van der Waals surface area contributed by atoms with Crippen LogP contribution in [0.5, 0.6) is 0 Å². The lowest BCUT2D eigenvalue weighted by Crippen LogP contribution is -2.45. The molecule has 0 atom stereocenters. The van der Waals surface area contributed by atoms with Gasteiger partial charge in [-0.2, -0.15) is 0 Å². The van der Waals surface area contributed by atoms with E-state index in [1.54, 1.807) is 0 Å². The van der Waals surface area contributed by atoms with Crippen LogP contribution in [0.25, 0.3) is 0 Å². The first-order chi connectivity index (χ1) is 8.65. The largest absolute Gasteiger partial charge is 0.399 e. The van der Waals surface area contributed by atoms with E-state index < -0.39 is 0 Å². The van der Waals surface area contributed by atoms with E-state index in [4.69, 9.17) is 5.73 Å². The molecule has 2 rings (SSSR count). The number of hydrogen-bond donors (Lipinski definition) is 2. The Bertz CT molecular complexity index is 383. The predicted molar refractivity (Wildman–Crippen MR) is 78.0 cm³/mol. The van der Waals surface area contributed by atoms with E-state index in [0.29, 0.717) is 0 Å². The van der Waals surface area contributed by atoms with Crippen LogP contribution in [-0.4, -0.2) is 56.1 Å². The minimum atomic E-state index is 0.831. The van der Waals surface area contributed by atoms with Gasteiger partial charge in [-0.15, -0.1) is 0 Å². The summed E-state index contributed by atoms with van der Waals surface area (Å²) in [6.07, 6.45) is 0. The maximum atomic E-state index is 5.75. The summed E-state index contributed by atoms with van der Waals surface area (Å²) in [4.78, 5) is 4.90. The molecular formula is C14H24N4. The van der Waals surface area contributed by atoms with E-state index in [1.165, 1.54) is 37.4 Å². The lowest BCUT2D eigenvalue weighted by molar-refractivity contribution is 0.158. The zero-order valence-corrected chi connectivity index (χ0v) is 11.4. The molecule has 0 spiro atoms. The van der Waals surface area contributed by atoms with Gasteiger partial charge in [0.2, 0.25) is 0 Å². The van der Waals surface area contributed by atoms with Gasteiger partial charge in [0.1, 0.15) is 0 Å². The second-order valence-corrected chi connectivity index (χ2v) is 5.15. The first-order valence-electron chi connectivity index (χ1n) is 6.66. The Morgan fingerprint density at radius 2 is 1.94 bits per heavy atom. The van der Waals surface area contributed by atoms with Gasteiger partial charge in [0.15, 0.2) is 0 Å². The summed E-state index contributed by atoms with van der Waals surface area (Å²) in [6, 6.07) is 6.03. The van der Waals surface area contributed by atoms with Gasteiger partial charge in [0, 0.05) is 50.6 Å². The molecule has 1 aromatic carbocycles. The number of likely N-dealkylation sites (N-methyl/N-ethyl adjacent to an activating group) is 1.